The third-order valence-corrected chi connectivity index (χ3v) is 7.75. The number of thioether (sulfide) groups is 1. The van der Waals surface area contributed by atoms with Crippen molar-refractivity contribution in [2.24, 2.45) is 0 Å². The van der Waals surface area contributed by atoms with Gasteiger partial charge in [0, 0.05) is 12.5 Å². The van der Waals surface area contributed by atoms with Crippen LogP contribution in [0.1, 0.15) is 60.0 Å². The van der Waals surface area contributed by atoms with Crippen LogP contribution in [0.4, 0.5) is 5.13 Å². The molecular weight excluding hydrogens is 468 g/mol. The fourth-order valence-corrected chi connectivity index (χ4v) is 5.63. The molecule has 1 N–H and O–H groups in total. The molecule has 0 unspecified atom stereocenters. The minimum atomic E-state index is -0.141. The highest BCUT2D eigenvalue weighted by molar-refractivity contribution is 7.99. The van der Waals surface area contributed by atoms with E-state index in [0.717, 1.165) is 34.7 Å². The zero-order valence-electron chi connectivity index (χ0n) is 19.6. The van der Waals surface area contributed by atoms with Gasteiger partial charge in [0.25, 0.3) is 0 Å². The van der Waals surface area contributed by atoms with Crippen LogP contribution in [0.3, 0.4) is 0 Å². The highest BCUT2D eigenvalue weighted by atomic mass is 32.2. The van der Waals surface area contributed by atoms with E-state index in [1.807, 2.05) is 30.5 Å². The van der Waals surface area contributed by atoms with Crippen molar-refractivity contribution < 1.29 is 9.53 Å². The number of hydrogen-bond donors (Lipinski definition) is 1. The van der Waals surface area contributed by atoms with Gasteiger partial charge in [-0.2, -0.15) is 0 Å². The van der Waals surface area contributed by atoms with Crippen LogP contribution < -0.4 is 10.1 Å². The quantitative estimate of drug-likeness (QED) is 0.300. The van der Waals surface area contributed by atoms with Crippen molar-refractivity contribution in [1.29, 1.82) is 0 Å². The monoisotopic (exact) mass is 498 g/mol. The number of allylic oxidation sites excluding steroid dienone is 1. The standard InChI is InChI=1S/C24H30N6O2S2/c1-4-12-30-20(14-32-19-13-16(2)10-11-17(19)3)26-29-24(30)33-15-21(31)25-23-28-27-22(34-23)18-8-6-5-7-9-18/h4,10-11,13,18H,1,5-9,12,14-15H2,2-3H3,(H,25,28,31). The third-order valence-electron chi connectivity index (χ3n) is 5.78. The number of carbonyl (C=O) groups excluding carboxylic acids is 1. The van der Waals surface area contributed by atoms with Gasteiger partial charge >= 0.3 is 0 Å². The average molecular weight is 499 g/mol. The van der Waals surface area contributed by atoms with E-state index in [2.05, 4.69) is 38.4 Å². The summed E-state index contributed by atoms with van der Waals surface area (Å²) < 4.78 is 7.92. The third kappa shape index (κ3) is 6.24. The summed E-state index contributed by atoms with van der Waals surface area (Å²) >= 11 is 2.81. The lowest BCUT2D eigenvalue weighted by atomic mass is 9.90. The summed E-state index contributed by atoms with van der Waals surface area (Å²) in [7, 11) is 0. The van der Waals surface area contributed by atoms with E-state index in [9.17, 15) is 4.79 Å². The van der Waals surface area contributed by atoms with Crippen LogP contribution in [0.2, 0.25) is 0 Å². The van der Waals surface area contributed by atoms with Crippen molar-refractivity contribution in [3.05, 3.63) is 52.8 Å². The van der Waals surface area contributed by atoms with Crippen molar-refractivity contribution >= 4 is 34.1 Å². The number of aryl methyl sites for hydroxylation is 2. The second-order valence-electron chi connectivity index (χ2n) is 8.47. The van der Waals surface area contributed by atoms with Gasteiger partial charge in [-0.05, 0) is 43.9 Å². The van der Waals surface area contributed by atoms with Gasteiger partial charge in [0.05, 0.1) is 5.75 Å². The molecule has 0 saturated heterocycles. The predicted octanol–water partition coefficient (Wildman–Crippen LogP) is 5.29. The number of rotatable bonds is 10. The maximum absolute atomic E-state index is 12.5. The molecule has 2 aromatic heterocycles. The van der Waals surface area contributed by atoms with Gasteiger partial charge in [0.2, 0.25) is 11.0 Å². The topological polar surface area (TPSA) is 94.8 Å². The SMILES string of the molecule is C=CCn1c(COc2cc(C)ccc2C)nnc1SCC(=O)Nc1nnc(C2CCCCC2)s1. The molecule has 1 fully saturated rings. The Labute approximate surface area is 208 Å². The number of anilines is 1. The smallest absolute Gasteiger partial charge is 0.236 e. The lowest BCUT2D eigenvalue weighted by molar-refractivity contribution is -0.113. The number of amides is 1. The summed E-state index contributed by atoms with van der Waals surface area (Å²) in [5, 5.41) is 22.1. The molecule has 1 amide bonds. The summed E-state index contributed by atoms with van der Waals surface area (Å²) in [5.74, 6) is 2.05. The number of nitrogens with zero attached hydrogens (tertiary/aromatic N) is 5. The molecule has 1 aliphatic rings. The van der Waals surface area contributed by atoms with Crippen molar-refractivity contribution in [2.75, 3.05) is 11.1 Å². The molecule has 10 heteroatoms. The van der Waals surface area contributed by atoms with Gasteiger partial charge in [0.1, 0.15) is 17.4 Å². The second-order valence-corrected chi connectivity index (χ2v) is 10.4. The molecular formula is C24H30N6O2S2. The van der Waals surface area contributed by atoms with Gasteiger partial charge in [-0.1, -0.05) is 60.6 Å². The van der Waals surface area contributed by atoms with E-state index in [1.54, 1.807) is 6.08 Å². The fraction of sp³-hybridized carbons (Fsp3) is 0.458. The molecule has 34 heavy (non-hydrogen) atoms. The Hall–Kier alpha value is -2.72. The molecule has 0 radical (unpaired) electrons. The maximum atomic E-state index is 12.5. The minimum absolute atomic E-state index is 0.141. The molecule has 0 bridgehead atoms. The first kappa shape index (κ1) is 24.4. The Balaban J connectivity index is 1.33. The number of benzene rings is 1. The molecule has 1 aliphatic carbocycles. The number of carbonyl (C=O) groups is 1. The summed E-state index contributed by atoms with van der Waals surface area (Å²) in [6.07, 6.45) is 7.88. The van der Waals surface area contributed by atoms with Crippen LogP contribution in [0.5, 0.6) is 5.75 Å². The molecule has 1 aromatic carbocycles. The Morgan fingerprint density at radius 3 is 2.85 bits per heavy atom. The summed E-state index contributed by atoms with van der Waals surface area (Å²) in [5.41, 5.74) is 2.20. The molecule has 8 nitrogen and oxygen atoms in total. The first-order chi connectivity index (χ1) is 16.5. The molecule has 180 valence electrons. The van der Waals surface area contributed by atoms with Crippen LogP contribution >= 0.6 is 23.1 Å². The number of nitrogens with one attached hydrogen (secondary N) is 1. The van der Waals surface area contributed by atoms with Crippen LogP contribution in [-0.2, 0) is 17.9 Å². The van der Waals surface area contributed by atoms with Crippen LogP contribution in [-0.4, -0.2) is 36.6 Å². The van der Waals surface area contributed by atoms with Crippen LogP contribution in [0.25, 0.3) is 0 Å². The van der Waals surface area contributed by atoms with Crippen molar-refractivity contribution in [3.63, 3.8) is 0 Å². The predicted molar refractivity (Wildman–Crippen MR) is 136 cm³/mol. The fourth-order valence-electron chi connectivity index (χ4n) is 3.94. The lowest BCUT2D eigenvalue weighted by Gasteiger charge is -2.18. The Morgan fingerprint density at radius 2 is 2.06 bits per heavy atom. The van der Waals surface area contributed by atoms with Crippen LogP contribution in [0, 0.1) is 13.8 Å². The summed E-state index contributed by atoms with van der Waals surface area (Å²) in [6, 6.07) is 6.10. The van der Waals surface area contributed by atoms with E-state index >= 15 is 0 Å². The number of hydrogen-bond acceptors (Lipinski definition) is 8. The van der Waals surface area contributed by atoms with Crippen molar-refractivity contribution in [3.8, 4) is 5.75 Å². The van der Waals surface area contributed by atoms with Gasteiger partial charge in [0.15, 0.2) is 11.0 Å². The average Bonchev–Trinajstić information content (AvgIpc) is 3.46. The summed E-state index contributed by atoms with van der Waals surface area (Å²) in [4.78, 5) is 12.5. The highest BCUT2D eigenvalue weighted by Crippen LogP contribution is 2.35. The molecule has 1 saturated carbocycles. The zero-order valence-corrected chi connectivity index (χ0v) is 21.3. The van der Waals surface area contributed by atoms with Gasteiger partial charge in [-0.15, -0.1) is 27.0 Å². The van der Waals surface area contributed by atoms with E-state index in [1.165, 1.54) is 42.4 Å². The second kappa shape index (κ2) is 11.6. The van der Waals surface area contributed by atoms with Crippen molar-refractivity contribution in [1.82, 2.24) is 25.0 Å². The summed E-state index contributed by atoms with van der Waals surface area (Å²) in [6.45, 7) is 8.70. The molecule has 0 atom stereocenters. The molecule has 2 heterocycles. The Morgan fingerprint density at radius 1 is 1.24 bits per heavy atom. The zero-order chi connectivity index (χ0) is 23.9. The van der Waals surface area contributed by atoms with E-state index < -0.39 is 0 Å². The molecule has 0 aliphatic heterocycles. The Bertz CT molecular complexity index is 1140. The maximum Gasteiger partial charge on any atom is 0.236 e. The van der Waals surface area contributed by atoms with E-state index in [-0.39, 0.29) is 18.3 Å². The van der Waals surface area contributed by atoms with Gasteiger partial charge < -0.3 is 4.74 Å². The van der Waals surface area contributed by atoms with Gasteiger partial charge in [-0.25, -0.2) is 0 Å². The van der Waals surface area contributed by atoms with Crippen LogP contribution in [0.15, 0.2) is 36.0 Å². The van der Waals surface area contributed by atoms with E-state index in [4.69, 9.17) is 4.74 Å². The first-order valence-corrected chi connectivity index (χ1v) is 13.3. The van der Waals surface area contributed by atoms with E-state index in [0.29, 0.717) is 28.6 Å². The molecule has 3 aromatic rings. The normalized spacial score (nSPS) is 14.2. The number of ether oxygens (including phenoxy) is 1. The first-order valence-electron chi connectivity index (χ1n) is 11.5. The Kier molecular flexibility index (Phi) is 8.34. The largest absolute Gasteiger partial charge is 0.485 e. The molecule has 0 spiro atoms. The lowest BCUT2D eigenvalue weighted by Crippen LogP contribution is -2.15. The molecule has 4 rings (SSSR count). The van der Waals surface area contributed by atoms with Gasteiger partial charge in [-0.3, -0.25) is 14.7 Å². The minimum Gasteiger partial charge on any atom is -0.485 e. The highest BCUT2D eigenvalue weighted by Gasteiger charge is 2.20. The number of aromatic nitrogens is 5. The van der Waals surface area contributed by atoms with Crippen molar-refractivity contribution in [2.45, 2.75) is 70.2 Å².